The van der Waals surface area contributed by atoms with Crippen molar-refractivity contribution in [2.24, 2.45) is 12.8 Å². The van der Waals surface area contributed by atoms with Gasteiger partial charge in [0.1, 0.15) is 12.2 Å². The highest BCUT2D eigenvalue weighted by molar-refractivity contribution is 5.48. The van der Waals surface area contributed by atoms with Crippen LogP contribution in [-0.4, -0.2) is 29.0 Å². The minimum Gasteiger partial charge on any atom is -0.493 e. The standard InChI is InChI=1S/C13H18N4O2/c1-17-12(15-8-16-17)7-10(14)9-5-4-6-11(18-2)13(9)19-3/h4-6,8,10H,7,14H2,1-3H3. The molecule has 1 aromatic carbocycles. The summed E-state index contributed by atoms with van der Waals surface area (Å²) in [6, 6.07) is 5.44. The van der Waals surface area contributed by atoms with Gasteiger partial charge in [-0.3, -0.25) is 4.68 Å². The average Bonchev–Trinajstić information content (AvgIpc) is 2.83. The van der Waals surface area contributed by atoms with E-state index in [2.05, 4.69) is 10.1 Å². The highest BCUT2D eigenvalue weighted by Crippen LogP contribution is 2.34. The highest BCUT2D eigenvalue weighted by atomic mass is 16.5. The monoisotopic (exact) mass is 262 g/mol. The number of methoxy groups -OCH3 is 2. The van der Waals surface area contributed by atoms with Crippen LogP contribution in [0, 0.1) is 0 Å². The summed E-state index contributed by atoms with van der Waals surface area (Å²) < 4.78 is 12.4. The minimum atomic E-state index is -0.229. The zero-order valence-corrected chi connectivity index (χ0v) is 11.3. The van der Waals surface area contributed by atoms with E-state index in [0.29, 0.717) is 17.9 Å². The van der Waals surface area contributed by atoms with Crippen LogP contribution >= 0.6 is 0 Å². The number of nitrogens with zero attached hydrogens (tertiary/aromatic N) is 3. The molecule has 2 N–H and O–H groups in total. The van der Waals surface area contributed by atoms with E-state index < -0.39 is 0 Å². The van der Waals surface area contributed by atoms with Crippen molar-refractivity contribution in [1.29, 1.82) is 0 Å². The van der Waals surface area contributed by atoms with Gasteiger partial charge >= 0.3 is 0 Å². The molecule has 1 heterocycles. The fourth-order valence-corrected chi connectivity index (χ4v) is 2.02. The summed E-state index contributed by atoms with van der Waals surface area (Å²) in [7, 11) is 5.06. The maximum absolute atomic E-state index is 6.24. The number of para-hydroxylation sites is 1. The predicted octanol–water partition coefficient (Wildman–Crippen LogP) is 1.07. The van der Waals surface area contributed by atoms with Crippen LogP contribution in [0.15, 0.2) is 24.5 Å². The lowest BCUT2D eigenvalue weighted by Crippen LogP contribution is -2.17. The Morgan fingerprint density at radius 1 is 1.32 bits per heavy atom. The normalized spacial score (nSPS) is 12.2. The van der Waals surface area contributed by atoms with Crippen LogP contribution in [0.2, 0.25) is 0 Å². The summed E-state index contributed by atoms with van der Waals surface area (Å²) in [5.41, 5.74) is 7.13. The lowest BCUT2D eigenvalue weighted by molar-refractivity contribution is 0.349. The molecule has 0 aliphatic carbocycles. The van der Waals surface area contributed by atoms with Crippen molar-refractivity contribution in [3.05, 3.63) is 35.9 Å². The quantitative estimate of drug-likeness (QED) is 0.872. The molecular formula is C13H18N4O2. The van der Waals surface area contributed by atoms with E-state index in [4.69, 9.17) is 15.2 Å². The van der Waals surface area contributed by atoms with E-state index in [9.17, 15) is 0 Å². The fourth-order valence-electron chi connectivity index (χ4n) is 2.02. The number of hydrogen-bond donors (Lipinski definition) is 1. The van der Waals surface area contributed by atoms with Gasteiger partial charge in [-0.2, -0.15) is 5.10 Å². The van der Waals surface area contributed by atoms with Gasteiger partial charge in [0.2, 0.25) is 0 Å². The molecule has 0 saturated carbocycles. The number of rotatable bonds is 5. The molecule has 19 heavy (non-hydrogen) atoms. The summed E-state index contributed by atoms with van der Waals surface area (Å²) in [5.74, 6) is 2.17. The molecular weight excluding hydrogens is 244 g/mol. The first-order valence-electron chi connectivity index (χ1n) is 5.96. The molecule has 0 saturated heterocycles. The second-order valence-corrected chi connectivity index (χ2v) is 4.19. The first kappa shape index (κ1) is 13.4. The molecule has 0 spiro atoms. The average molecular weight is 262 g/mol. The molecule has 0 bridgehead atoms. The predicted molar refractivity (Wildman–Crippen MR) is 71.2 cm³/mol. The summed E-state index contributed by atoms with van der Waals surface area (Å²) in [4.78, 5) is 4.18. The molecule has 6 nitrogen and oxygen atoms in total. The second-order valence-electron chi connectivity index (χ2n) is 4.19. The van der Waals surface area contributed by atoms with Crippen molar-refractivity contribution in [2.45, 2.75) is 12.5 Å². The molecule has 6 heteroatoms. The molecule has 102 valence electrons. The van der Waals surface area contributed by atoms with E-state index in [-0.39, 0.29) is 6.04 Å². The van der Waals surface area contributed by atoms with E-state index >= 15 is 0 Å². The first-order chi connectivity index (χ1) is 9.17. The van der Waals surface area contributed by atoms with Gasteiger partial charge in [-0.25, -0.2) is 4.98 Å². The third kappa shape index (κ3) is 2.68. The van der Waals surface area contributed by atoms with Crippen molar-refractivity contribution in [1.82, 2.24) is 14.8 Å². The van der Waals surface area contributed by atoms with Gasteiger partial charge in [0, 0.05) is 25.1 Å². The minimum absolute atomic E-state index is 0.229. The van der Waals surface area contributed by atoms with E-state index in [1.165, 1.54) is 6.33 Å². The Kier molecular flexibility index (Phi) is 4.01. The third-order valence-corrected chi connectivity index (χ3v) is 3.04. The van der Waals surface area contributed by atoms with Crippen molar-refractivity contribution in [3.63, 3.8) is 0 Å². The highest BCUT2D eigenvalue weighted by Gasteiger charge is 2.17. The number of aromatic nitrogens is 3. The van der Waals surface area contributed by atoms with E-state index in [0.717, 1.165) is 11.4 Å². The van der Waals surface area contributed by atoms with Crippen LogP contribution in [0.4, 0.5) is 0 Å². The lowest BCUT2D eigenvalue weighted by atomic mass is 10.0. The zero-order valence-electron chi connectivity index (χ0n) is 11.3. The van der Waals surface area contributed by atoms with Gasteiger partial charge in [-0.05, 0) is 6.07 Å². The number of hydrogen-bond acceptors (Lipinski definition) is 5. The van der Waals surface area contributed by atoms with Crippen LogP contribution in [0.3, 0.4) is 0 Å². The SMILES string of the molecule is COc1cccc(C(N)Cc2ncnn2C)c1OC. The number of aryl methyl sites for hydroxylation is 1. The van der Waals surface area contributed by atoms with Gasteiger partial charge in [0.15, 0.2) is 11.5 Å². The molecule has 0 amide bonds. The fraction of sp³-hybridized carbons (Fsp3) is 0.385. The Morgan fingerprint density at radius 2 is 2.11 bits per heavy atom. The van der Waals surface area contributed by atoms with Gasteiger partial charge in [-0.1, -0.05) is 12.1 Å². The smallest absolute Gasteiger partial charge is 0.165 e. The van der Waals surface area contributed by atoms with Crippen molar-refractivity contribution in [2.75, 3.05) is 14.2 Å². The van der Waals surface area contributed by atoms with Gasteiger partial charge in [0.05, 0.1) is 14.2 Å². The first-order valence-corrected chi connectivity index (χ1v) is 5.96. The molecule has 1 atom stereocenters. The van der Waals surface area contributed by atoms with Crippen LogP contribution in [-0.2, 0) is 13.5 Å². The summed E-state index contributed by atoms with van der Waals surface area (Å²) >= 11 is 0. The molecule has 0 aliphatic rings. The molecule has 0 aliphatic heterocycles. The third-order valence-electron chi connectivity index (χ3n) is 3.04. The lowest BCUT2D eigenvalue weighted by Gasteiger charge is -2.17. The maximum Gasteiger partial charge on any atom is 0.165 e. The topological polar surface area (TPSA) is 75.2 Å². The largest absolute Gasteiger partial charge is 0.493 e. The van der Waals surface area contributed by atoms with Crippen molar-refractivity contribution in [3.8, 4) is 11.5 Å². The Labute approximate surface area is 112 Å². The number of ether oxygens (including phenoxy) is 2. The summed E-state index contributed by atoms with van der Waals surface area (Å²) in [6.07, 6.45) is 2.10. The van der Waals surface area contributed by atoms with Crippen LogP contribution < -0.4 is 15.2 Å². The molecule has 2 rings (SSSR count). The molecule has 0 radical (unpaired) electrons. The molecule has 1 unspecified atom stereocenters. The molecule has 2 aromatic rings. The number of benzene rings is 1. The second kappa shape index (κ2) is 5.71. The Morgan fingerprint density at radius 3 is 2.68 bits per heavy atom. The van der Waals surface area contributed by atoms with Crippen LogP contribution in [0.5, 0.6) is 11.5 Å². The van der Waals surface area contributed by atoms with Crippen molar-refractivity contribution >= 4 is 0 Å². The summed E-state index contributed by atoms with van der Waals surface area (Å²) in [6.45, 7) is 0. The van der Waals surface area contributed by atoms with Gasteiger partial charge in [0.25, 0.3) is 0 Å². The zero-order chi connectivity index (χ0) is 13.8. The van der Waals surface area contributed by atoms with Crippen LogP contribution in [0.25, 0.3) is 0 Å². The molecule has 0 fully saturated rings. The Hall–Kier alpha value is -2.08. The van der Waals surface area contributed by atoms with Crippen LogP contribution in [0.1, 0.15) is 17.4 Å². The Bertz CT molecular complexity index is 553. The summed E-state index contributed by atoms with van der Waals surface area (Å²) in [5, 5.41) is 4.03. The van der Waals surface area contributed by atoms with Gasteiger partial charge < -0.3 is 15.2 Å². The Balaban J connectivity index is 2.28. The molecule has 1 aromatic heterocycles. The maximum atomic E-state index is 6.24. The van der Waals surface area contributed by atoms with Crippen molar-refractivity contribution < 1.29 is 9.47 Å². The van der Waals surface area contributed by atoms with E-state index in [1.54, 1.807) is 18.9 Å². The number of nitrogens with two attached hydrogens (primary N) is 1. The van der Waals surface area contributed by atoms with Gasteiger partial charge in [-0.15, -0.1) is 0 Å². The van der Waals surface area contributed by atoms with E-state index in [1.807, 2.05) is 25.2 Å².